The standard InChI is InChI=1S/C16H23F3O/c1-2-3-4-5-6-7-8-9-16(20)12-10-14(18)15(19)11-13(12)17/h10-11,16,20H,2-9H2,1H3. The van der Waals surface area contributed by atoms with Gasteiger partial charge in [0.2, 0.25) is 0 Å². The van der Waals surface area contributed by atoms with Crippen LogP contribution in [0.5, 0.6) is 0 Å². The van der Waals surface area contributed by atoms with E-state index in [0.29, 0.717) is 12.5 Å². The van der Waals surface area contributed by atoms with Gasteiger partial charge in [-0.3, -0.25) is 0 Å². The van der Waals surface area contributed by atoms with Crippen molar-refractivity contribution in [2.24, 2.45) is 0 Å². The summed E-state index contributed by atoms with van der Waals surface area (Å²) in [5.74, 6) is -3.24. The van der Waals surface area contributed by atoms with E-state index >= 15 is 0 Å². The molecule has 0 aromatic heterocycles. The minimum Gasteiger partial charge on any atom is -0.388 e. The second-order valence-corrected chi connectivity index (χ2v) is 5.21. The molecule has 0 aliphatic rings. The molecular weight excluding hydrogens is 265 g/mol. The molecule has 1 atom stereocenters. The van der Waals surface area contributed by atoms with Gasteiger partial charge in [0, 0.05) is 11.6 Å². The van der Waals surface area contributed by atoms with Crippen molar-refractivity contribution < 1.29 is 18.3 Å². The first-order chi connectivity index (χ1) is 9.56. The summed E-state index contributed by atoms with van der Waals surface area (Å²) < 4.78 is 39.2. The van der Waals surface area contributed by atoms with Crippen molar-refractivity contribution in [3.63, 3.8) is 0 Å². The number of rotatable bonds is 9. The van der Waals surface area contributed by atoms with Crippen LogP contribution in [0.25, 0.3) is 0 Å². The Kier molecular flexibility index (Phi) is 7.67. The lowest BCUT2D eigenvalue weighted by Gasteiger charge is -2.12. The third-order valence-corrected chi connectivity index (χ3v) is 3.48. The highest BCUT2D eigenvalue weighted by Gasteiger charge is 2.16. The summed E-state index contributed by atoms with van der Waals surface area (Å²) >= 11 is 0. The van der Waals surface area contributed by atoms with Gasteiger partial charge in [-0.2, -0.15) is 0 Å². The highest BCUT2D eigenvalue weighted by molar-refractivity contribution is 5.22. The Hall–Kier alpha value is -1.03. The van der Waals surface area contributed by atoms with E-state index in [2.05, 4.69) is 6.92 Å². The molecule has 0 heterocycles. The second kappa shape index (κ2) is 9.01. The van der Waals surface area contributed by atoms with Crippen LogP contribution in [0.15, 0.2) is 12.1 Å². The van der Waals surface area contributed by atoms with Crippen LogP contribution in [0.1, 0.15) is 70.0 Å². The van der Waals surface area contributed by atoms with Gasteiger partial charge in [-0.1, -0.05) is 51.9 Å². The van der Waals surface area contributed by atoms with E-state index in [-0.39, 0.29) is 5.56 Å². The first kappa shape index (κ1) is 17.0. The molecule has 1 N–H and O–H groups in total. The van der Waals surface area contributed by atoms with Crippen molar-refractivity contribution in [2.75, 3.05) is 0 Å². The lowest BCUT2D eigenvalue weighted by atomic mass is 10.0. The lowest BCUT2D eigenvalue weighted by molar-refractivity contribution is 0.158. The van der Waals surface area contributed by atoms with Crippen molar-refractivity contribution in [1.29, 1.82) is 0 Å². The van der Waals surface area contributed by atoms with Crippen molar-refractivity contribution >= 4 is 0 Å². The fourth-order valence-corrected chi connectivity index (χ4v) is 2.24. The van der Waals surface area contributed by atoms with Crippen LogP contribution in [-0.2, 0) is 0 Å². The summed E-state index contributed by atoms with van der Waals surface area (Å²) in [6.45, 7) is 2.16. The maximum absolute atomic E-state index is 13.4. The maximum atomic E-state index is 13.4. The van der Waals surface area contributed by atoms with Crippen LogP contribution in [0.4, 0.5) is 13.2 Å². The quantitative estimate of drug-likeness (QED) is 0.484. The average molecular weight is 288 g/mol. The van der Waals surface area contributed by atoms with Crippen LogP contribution in [0.3, 0.4) is 0 Å². The van der Waals surface area contributed by atoms with E-state index in [1.54, 1.807) is 0 Å². The molecule has 0 fully saturated rings. The van der Waals surface area contributed by atoms with Gasteiger partial charge in [-0.25, -0.2) is 13.2 Å². The number of benzene rings is 1. The minimum absolute atomic E-state index is 0.158. The third kappa shape index (κ3) is 5.53. The molecule has 0 bridgehead atoms. The van der Waals surface area contributed by atoms with E-state index in [1.165, 1.54) is 25.7 Å². The fourth-order valence-electron chi connectivity index (χ4n) is 2.24. The van der Waals surface area contributed by atoms with E-state index in [4.69, 9.17) is 0 Å². The van der Waals surface area contributed by atoms with Crippen LogP contribution in [0, 0.1) is 17.5 Å². The molecule has 114 valence electrons. The molecule has 0 spiro atoms. The number of aliphatic hydroxyl groups excluding tert-OH is 1. The Balaban J connectivity index is 2.32. The van der Waals surface area contributed by atoms with Crippen LogP contribution in [-0.4, -0.2) is 5.11 Å². The number of aliphatic hydroxyl groups is 1. The second-order valence-electron chi connectivity index (χ2n) is 5.21. The highest BCUT2D eigenvalue weighted by atomic mass is 19.2. The Labute approximate surface area is 118 Å². The average Bonchev–Trinajstić information content (AvgIpc) is 2.41. The van der Waals surface area contributed by atoms with Crippen molar-refractivity contribution in [3.05, 3.63) is 35.1 Å². The van der Waals surface area contributed by atoms with Gasteiger partial charge < -0.3 is 5.11 Å². The lowest BCUT2D eigenvalue weighted by Crippen LogP contribution is -2.03. The molecular formula is C16H23F3O. The molecule has 1 aromatic rings. The van der Waals surface area contributed by atoms with Gasteiger partial charge in [-0.05, 0) is 12.5 Å². The largest absolute Gasteiger partial charge is 0.388 e. The molecule has 0 aliphatic heterocycles. The summed E-state index contributed by atoms with van der Waals surface area (Å²) in [6.07, 6.45) is 6.94. The zero-order valence-corrected chi connectivity index (χ0v) is 12.0. The summed E-state index contributed by atoms with van der Waals surface area (Å²) in [4.78, 5) is 0. The minimum atomic E-state index is -1.23. The zero-order chi connectivity index (χ0) is 15.0. The summed E-state index contributed by atoms with van der Waals surface area (Å²) in [6, 6.07) is 1.23. The normalized spacial score (nSPS) is 12.7. The molecule has 1 aromatic carbocycles. The number of hydrogen-bond donors (Lipinski definition) is 1. The van der Waals surface area contributed by atoms with Crippen molar-refractivity contribution in [2.45, 2.75) is 64.4 Å². The topological polar surface area (TPSA) is 20.2 Å². The number of hydrogen-bond acceptors (Lipinski definition) is 1. The Morgan fingerprint density at radius 1 is 0.850 bits per heavy atom. The monoisotopic (exact) mass is 288 g/mol. The van der Waals surface area contributed by atoms with Crippen LogP contribution in [0.2, 0.25) is 0 Å². The predicted molar refractivity (Wildman–Crippen MR) is 73.9 cm³/mol. The van der Waals surface area contributed by atoms with E-state index in [0.717, 1.165) is 25.3 Å². The molecule has 1 unspecified atom stereocenters. The molecule has 0 aliphatic carbocycles. The van der Waals surface area contributed by atoms with Crippen LogP contribution >= 0.6 is 0 Å². The van der Waals surface area contributed by atoms with Gasteiger partial charge in [-0.15, -0.1) is 0 Å². The molecule has 0 saturated carbocycles. The molecule has 0 saturated heterocycles. The van der Waals surface area contributed by atoms with Crippen molar-refractivity contribution in [1.82, 2.24) is 0 Å². The molecule has 0 radical (unpaired) electrons. The smallest absolute Gasteiger partial charge is 0.161 e. The Morgan fingerprint density at radius 2 is 1.40 bits per heavy atom. The highest BCUT2D eigenvalue weighted by Crippen LogP contribution is 2.24. The molecule has 1 rings (SSSR count). The molecule has 20 heavy (non-hydrogen) atoms. The molecule has 4 heteroatoms. The zero-order valence-electron chi connectivity index (χ0n) is 12.0. The maximum Gasteiger partial charge on any atom is 0.161 e. The predicted octanol–water partition coefficient (Wildman–Crippen LogP) is 5.28. The van der Waals surface area contributed by atoms with E-state index in [1.807, 2.05) is 0 Å². The third-order valence-electron chi connectivity index (χ3n) is 3.48. The molecule has 0 amide bonds. The van der Waals surface area contributed by atoms with Gasteiger partial charge >= 0.3 is 0 Å². The first-order valence-corrected chi connectivity index (χ1v) is 7.38. The van der Waals surface area contributed by atoms with E-state index in [9.17, 15) is 18.3 Å². The van der Waals surface area contributed by atoms with Gasteiger partial charge in [0.1, 0.15) is 5.82 Å². The molecule has 1 nitrogen and oxygen atoms in total. The van der Waals surface area contributed by atoms with Crippen molar-refractivity contribution in [3.8, 4) is 0 Å². The Morgan fingerprint density at radius 3 is 2.05 bits per heavy atom. The van der Waals surface area contributed by atoms with Gasteiger partial charge in [0.25, 0.3) is 0 Å². The van der Waals surface area contributed by atoms with Gasteiger partial charge in [0.15, 0.2) is 11.6 Å². The number of halogens is 3. The summed E-state index contributed by atoms with van der Waals surface area (Å²) in [5.41, 5.74) is -0.158. The summed E-state index contributed by atoms with van der Waals surface area (Å²) in [5, 5.41) is 9.83. The number of unbranched alkanes of at least 4 members (excludes halogenated alkanes) is 6. The van der Waals surface area contributed by atoms with Crippen LogP contribution < -0.4 is 0 Å². The SMILES string of the molecule is CCCCCCCCCC(O)c1cc(F)c(F)cc1F. The Bertz CT molecular complexity index is 407. The first-order valence-electron chi connectivity index (χ1n) is 7.38. The fraction of sp³-hybridized carbons (Fsp3) is 0.625. The van der Waals surface area contributed by atoms with Gasteiger partial charge in [0.05, 0.1) is 6.10 Å². The van der Waals surface area contributed by atoms with E-state index < -0.39 is 23.6 Å². The summed E-state index contributed by atoms with van der Waals surface area (Å²) in [7, 11) is 0.